The molecule has 10 aromatic carbocycles. The number of para-hydroxylation sites is 1. The van der Waals surface area contributed by atoms with E-state index in [-0.39, 0.29) is 10.8 Å². The van der Waals surface area contributed by atoms with Gasteiger partial charge in [-0.25, -0.2) is 0 Å². The first kappa shape index (κ1) is 44.8. The van der Waals surface area contributed by atoms with E-state index in [1.54, 1.807) is 0 Å². The molecule has 4 heteroatoms. The van der Waals surface area contributed by atoms with Gasteiger partial charge in [0.05, 0.1) is 11.4 Å². The number of aryl methyl sites for hydroxylation is 2. The van der Waals surface area contributed by atoms with Gasteiger partial charge >= 0.3 is 0 Å². The number of furan rings is 2. The van der Waals surface area contributed by atoms with E-state index in [0.717, 1.165) is 94.3 Å². The van der Waals surface area contributed by atoms with Crippen molar-refractivity contribution in [3.8, 4) is 22.3 Å². The van der Waals surface area contributed by atoms with Gasteiger partial charge in [0.2, 0.25) is 0 Å². The predicted octanol–water partition coefficient (Wildman–Crippen LogP) is 20.1. The molecule has 2 heterocycles. The smallest absolute Gasteiger partial charge is 0.160 e. The number of rotatable bonds is 8. The quantitative estimate of drug-likeness (QED) is 0.152. The van der Waals surface area contributed by atoms with Crippen LogP contribution in [0.15, 0.2) is 215 Å². The second-order valence-corrected chi connectivity index (χ2v) is 21.6. The van der Waals surface area contributed by atoms with Crippen molar-refractivity contribution < 1.29 is 8.83 Å². The zero-order valence-corrected chi connectivity index (χ0v) is 42.3. The lowest BCUT2D eigenvalue weighted by atomic mass is 9.87. The molecule has 0 saturated carbocycles. The summed E-state index contributed by atoms with van der Waals surface area (Å²) >= 11 is 0. The van der Waals surface area contributed by atoms with Crippen molar-refractivity contribution >= 4 is 88.8 Å². The van der Waals surface area contributed by atoms with Crippen LogP contribution in [0.3, 0.4) is 0 Å². The van der Waals surface area contributed by atoms with Crippen LogP contribution in [0.5, 0.6) is 0 Å². The Hall–Kier alpha value is -8.34. The fourth-order valence-corrected chi connectivity index (χ4v) is 10.5. The maximum absolute atomic E-state index is 7.32. The number of fused-ring (bicyclic) bond motifs is 9. The first-order chi connectivity index (χ1) is 34.8. The zero-order chi connectivity index (χ0) is 49.5. The Bertz CT molecular complexity index is 3960. The van der Waals surface area contributed by atoms with Crippen LogP contribution in [0.4, 0.5) is 34.1 Å². The van der Waals surface area contributed by atoms with Crippen LogP contribution in [0.2, 0.25) is 0 Å². The third kappa shape index (κ3) is 7.88. The molecule has 0 fully saturated rings. The highest BCUT2D eigenvalue weighted by atomic mass is 16.3. The van der Waals surface area contributed by atoms with Gasteiger partial charge in [0.15, 0.2) is 5.58 Å². The summed E-state index contributed by atoms with van der Waals surface area (Å²) in [4.78, 5) is 4.72. The first-order valence-electron chi connectivity index (χ1n) is 25.1. The van der Waals surface area contributed by atoms with E-state index in [2.05, 4.69) is 271 Å². The number of anilines is 6. The van der Waals surface area contributed by atoms with Crippen LogP contribution in [0.1, 0.15) is 63.8 Å². The highest BCUT2D eigenvalue weighted by molar-refractivity contribution is 6.33. The Balaban J connectivity index is 1.10. The van der Waals surface area contributed by atoms with Gasteiger partial charge in [-0.2, -0.15) is 0 Å². The number of nitrogens with zero attached hydrogens (tertiary/aromatic N) is 2. The van der Waals surface area contributed by atoms with E-state index in [0.29, 0.717) is 0 Å². The van der Waals surface area contributed by atoms with Gasteiger partial charge in [-0.05, 0) is 118 Å². The van der Waals surface area contributed by atoms with Crippen molar-refractivity contribution in [1.82, 2.24) is 0 Å². The number of hydrogen-bond acceptors (Lipinski definition) is 4. The van der Waals surface area contributed by atoms with E-state index in [9.17, 15) is 0 Å². The molecule has 0 aliphatic heterocycles. The topological polar surface area (TPSA) is 32.8 Å². The molecule has 0 aliphatic rings. The molecule has 352 valence electrons. The minimum Gasteiger partial charge on any atom is -0.456 e. The fourth-order valence-electron chi connectivity index (χ4n) is 10.5. The molecule has 0 amide bonds. The fraction of sp³-hybridized carbons (Fsp3) is 0.147. The molecule has 0 spiro atoms. The summed E-state index contributed by atoms with van der Waals surface area (Å²) in [5.41, 5.74) is 19.1. The molecule has 0 unspecified atom stereocenters. The number of benzene rings is 10. The van der Waals surface area contributed by atoms with Crippen molar-refractivity contribution in [3.63, 3.8) is 0 Å². The largest absolute Gasteiger partial charge is 0.456 e. The van der Waals surface area contributed by atoms with Crippen molar-refractivity contribution in [2.75, 3.05) is 9.80 Å². The summed E-state index contributed by atoms with van der Waals surface area (Å²) in [5.74, 6) is 0. The standard InChI is InChI=1S/C68H58N2O2/c1-43-17-21-45(22-18-43)47-25-33-51(34-26-47)69(53-37-29-49(30-38-53)67(3,4)5)58-41-61-63(56-14-10-9-13-55(56)58)65-62(71-61)42-59(66-64(65)57-15-11-12-16-60(57)72-66)70(54-39-31-50(32-40-54)68(6,7)8)52-35-27-48(28-36-52)46-23-19-44(2)20-24-46/h9-42H,1-8H3. The third-order valence-corrected chi connectivity index (χ3v) is 14.5. The van der Waals surface area contributed by atoms with Crippen LogP contribution in [-0.4, -0.2) is 0 Å². The molecule has 0 saturated heterocycles. The Labute approximate surface area is 422 Å². The highest BCUT2D eigenvalue weighted by Crippen LogP contribution is 2.51. The highest BCUT2D eigenvalue weighted by Gasteiger charge is 2.28. The molecule has 4 nitrogen and oxygen atoms in total. The molecule has 12 aromatic rings. The van der Waals surface area contributed by atoms with Crippen LogP contribution in [0, 0.1) is 13.8 Å². The van der Waals surface area contributed by atoms with Crippen LogP contribution in [-0.2, 0) is 10.8 Å². The van der Waals surface area contributed by atoms with E-state index in [1.165, 1.54) is 38.9 Å². The van der Waals surface area contributed by atoms with Gasteiger partial charge in [-0.1, -0.05) is 192 Å². The van der Waals surface area contributed by atoms with Gasteiger partial charge < -0.3 is 18.6 Å². The molecule has 0 bridgehead atoms. The SMILES string of the molecule is Cc1ccc(-c2ccc(N(c3ccc(C(C)(C)C)cc3)c3cc4oc5cc(N(c6ccc(-c7ccc(C)cc7)cc6)c6ccc(C(C)(C)C)cc6)c6oc7ccccc7c6c5c4c4ccccc34)cc2)cc1. The summed E-state index contributed by atoms with van der Waals surface area (Å²) in [6.45, 7) is 17.8. The summed E-state index contributed by atoms with van der Waals surface area (Å²) in [6, 6.07) is 75.0. The Morgan fingerprint density at radius 2 is 0.694 bits per heavy atom. The maximum Gasteiger partial charge on any atom is 0.160 e. The van der Waals surface area contributed by atoms with Gasteiger partial charge in [0.1, 0.15) is 16.7 Å². The molecule has 2 aromatic heterocycles. The normalized spacial score (nSPS) is 12.2. The summed E-state index contributed by atoms with van der Waals surface area (Å²) < 4.78 is 14.4. The second kappa shape index (κ2) is 17.2. The van der Waals surface area contributed by atoms with Crippen molar-refractivity contribution in [1.29, 1.82) is 0 Å². The molecule has 0 aliphatic carbocycles. The molecule has 0 radical (unpaired) electrons. The second-order valence-electron chi connectivity index (χ2n) is 21.6. The Morgan fingerprint density at radius 3 is 1.17 bits per heavy atom. The first-order valence-corrected chi connectivity index (χ1v) is 25.1. The monoisotopic (exact) mass is 934 g/mol. The summed E-state index contributed by atoms with van der Waals surface area (Å²) in [5, 5.41) is 6.41. The predicted molar refractivity (Wildman–Crippen MR) is 306 cm³/mol. The lowest BCUT2D eigenvalue weighted by molar-refractivity contribution is 0.590. The minimum absolute atomic E-state index is 0.00377. The van der Waals surface area contributed by atoms with E-state index >= 15 is 0 Å². The lowest BCUT2D eigenvalue weighted by Gasteiger charge is -2.28. The summed E-state index contributed by atoms with van der Waals surface area (Å²) in [7, 11) is 0. The van der Waals surface area contributed by atoms with Crippen molar-refractivity contribution in [2.24, 2.45) is 0 Å². The van der Waals surface area contributed by atoms with Crippen LogP contribution in [0.25, 0.3) is 76.9 Å². The summed E-state index contributed by atoms with van der Waals surface area (Å²) in [6.07, 6.45) is 0. The van der Waals surface area contributed by atoms with Crippen molar-refractivity contribution in [3.05, 3.63) is 229 Å². The van der Waals surface area contributed by atoms with Crippen molar-refractivity contribution in [2.45, 2.75) is 66.2 Å². The van der Waals surface area contributed by atoms with Gasteiger partial charge in [-0.3, -0.25) is 0 Å². The number of hydrogen-bond donors (Lipinski definition) is 0. The maximum atomic E-state index is 7.32. The van der Waals surface area contributed by atoms with Crippen LogP contribution < -0.4 is 9.80 Å². The minimum atomic E-state index is -0.00377. The average molecular weight is 935 g/mol. The van der Waals surface area contributed by atoms with Gasteiger partial charge in [0, 0.05) is 61.8 Å². The van der Waals surface area contributed by atoms with E-state index in [1.807, 2.05) is 0 Å². The zero-order valence-electron chi connectivity index (χ0n) is 42.3. The average Bonchev–Trinajstić information content (AvgIpc) is 3.96. The van der Waals surface area contributed by atoms with E-state index in [4.69, 9.17) is 8.83 Å². The molecule has 0 N–H and O–H groups in total. The molecule has 72 heavy (non-hydrogen) atoms. The lowest BCUT2D eigenvalue weighted by Crippen LogP contribution is -2.13. The Morgan fingerprint density at radius 1 is 0.319 bits per heavy atom. The van der Waals surface area contributed by atoms with Gasteiger partial charge in [-0.15, -0.1) is 0 Å². The molecule has 12 rings (SSSR count). The molecular weight excluding hydrogens is 877 g/mol. The van der Waals surface area contributed by atoms with Crippen LogP contribution >= 0.6 is 0 Å². The molecular formula is C68H58N2O2. The Kier molecular flexibility index (Phi) is 10.7. The molecule has 0 atom stereocenters. The third-order valence-electron chi connectivity index (χ3n) is 14.5. The van der Waals surface area contributed by atoms with Gasteiger partial charge in [0.25, 0.3) is 0 Å². The van der Waals surface area contributed by atoms with E-state index < -0.39 is 0 Å².